The molecule has 0 aromatic heterocycles. The standard InChI is InChI=1S/C21H26N2O2/c1-13(2)19(23-20(24)17-9-7-6-8-15(17)4)21(25)22-18-11-10-14(3)12-16(18)5/h6-13,19H,1-5H3,(H,22,25)(H,23,24). The van der Waals surface area contributed by atoms with Crippen molar-refractivity contribution >= 4 is 17.5 Å². The highest BCUT2D eigenvalue weighted by molar-refractivity contribution is 6.02. The summed E-state index contributed by atoms with van der Waals surface area (Å²) in [6.45, 7) is 9.70. The number of anilines is 1. The van der Waals surface area contributed by atoms with Crippen molar-refractivity contribution in [3.8, 4) is 0 Å². The Kier molecular flexibility index (Phi) is 5.97. The molecule has 0 aliphatic carbocycles. The largest absolute Gasteiger partial charge is 0.340 e. The van der Waals surface area contributed by atoms with Crippen LogP contribution >= 0.6 is 0 Å². The van der Waals surface area contributed by atoms with Gasteiger partial charge in [0.25, 0.3) is 5.91 Å². The lowest BCUT2D eigenvalue weighted by molar-refractivity contribution is -0.118. The number of carbonyl (C=O) groups is 2. The van der Waals surface area contributed by atoms with Gasteiger partial charge in [0.2, 0.25) is 5.91 Å². The van der Waals surface area contributed by atoms with E-state index in [1.165, 1.54) is 0 Å². The normalized spacial score (nSPS) is 11.9. The molecular formula is C21H26N2O2. The van der Waals surface area contributed by atoms with Crippen LogP contribution in [-0.4, -0.2) is 17.9 Å². The van der Waals surface area contributed by atoms with Crippen LogP contribution in [0.4, 0.5) is 5.69 Å². The molecule has 4 nitrogen and oxygen atoms in total. The molecule has 0 radical (unpaired) electrons. The van der Waals surface area contributed by atoms with Gasteiger partial charge in [-0.15, -0.1) is 0 Å². The summed E-state index contributed by atoms with van der Waals surface area (Å²) in [5.74, 6) is -0.463. The Morgan fingerprint density at radius 2 is 1.60 bits per heavy atom. The molecule has 0 fully saturated rings. The molecule has 2 aromatic carbocycles. The molecular weight excluding hydrogens is 312 g/mol. The fraction of sp³-hybridized carbons (Fsp3) is 0.333. The Labute approximate surface area is 149 Å². The first-order chi connectivity index (χ1) is 11.8. The number of aryl methyl sites for hydroxylation is 3. The van der Waals surface area contributed by atoms with E-state index in [1.54, 1.807) is 6.07 Å². The number of amides is 2. The molecule has 2 N–H and O–H groups in total. The molecule has 2 amide bonds. The van der Waals surface area contributed by atoms with Crippen molar-refractivity contribution < 1.29 is 9.59 Å². The Balaban J connectivity index is 2.16. The first-order valence-electron chi connectivity index (χ1n) is 8.54. The van der Waals surface area contributed by atoms with Crippen molar-refractivity contribution in [2.24, 2.45) is 5.92 Å². The highest BCUT2D eigenvalue weighted by Gasteiger charge is 2.25. The molecule has 25 heavy (non-hydrogen) atoms. The van der Waals surface area contributed by atoms with Crippen LogP contribution in [0, 0.1) is 26.7 Å². The van der Waals surface area contributed by atoms with E-state index < -0.39 is 6.04 Å². The Bertz CT molecular complexity index is 781. The van der Waals surface area contributed by atoms with Gasteiger partial charge in [0.1, 0.15) is 6.04 Å². The molecule has 132 valence electrons. The summed E-state index contributed by atoms with van der Waals surface area (Å²) >= 11 is 0. The second kappa shape index (κ2) is 7.97. The molecule has 0 spiro atoms. The third kappa shape index (κ3) is 4.69. The molecule has 4 heteroatoms. The van der Waals surface area contributed by atoms with Gasteiger partial charge in [0.15, 0.2) is 0 Å². The maximum absolute atomic E-state index is 12.7. The van der Waals surface area contributed by atoms with Gasteiger partial charge in [-0.1, -0.05) is 49.7 Å². The van der Waals surface area contributed by atoms with Crippen molar-refractivity contribution in [3.05, 3.63) is 64.7 Å². The Morgan fingerprint density at radius 1 is 0.920 bits per heavy atom. The summed E-state index contributed by atoms with van der Waals surface area (Å²) in [6.07, 6.45) is 0. The van der Waals surface area contributed by atoms with Gasteiger partial charge in [0, 0.05) is 11.3 Å². The molecule has 0 saturated carbocycles. The second-order valence-corrected chi connectivity index (χ2v) is 6.82. The second-order valence-electron chi connectivity index (χ2n) is 6.82. The van der Waals surface area contributed by atoms with E-state index in [9.17, 15) is 9.59 Å². The lowest BCUT2D eigenvalue weighted by atomic mass is 10.0. The summed E-state index contributed by atoms with van der Waals surface area (Å²) in [7, 11) is 0. The quantitative estimate of drug-likeness (QED) is 0.865. The highest BCUT2D eigenvalue weighted by atomic mass is 16.2. The molecule has 2 rings (SSSR count). The summed E-state index contributed by atoms with van der Waals surface area (Å²) in [5, 5.41) is 5.81. The topological polar surface area (TPSA) is 58.2 Å². The first kappa shape index (κ1) is 18.7. The summed E-state index contributed by atoms with van der Waals surface area (Å²) in [5.41, 5.74) is 4.39. The molecule has 0 saturated heterocycles. The molecule has 0 bridgehead atoms. The van der Waals surface area contributed by atoms with Gasteiger partial charge < -0.3 is 10.6 Å². The minimum absolute atomic E-state index is 0.0290. The fourth-order valence-corrected chi connectivity index (χ4v) is 2.75. The molecule has 0 aliphatic heterocycles. The summed E-state index contributed by atoms with van der Waals surface area (Å²) in [4.78, 5) is 25.3. The number of benzene rings is 2. The summed E-state index contributed by atoms with van der Waals surface area (Å²) < 4.78 is 0. The third-order valence-corrected chi connectivity index (χ3v) is 4.27. The van der Waals surface area contributed by atoms with Crippen LogP contribution < -0.4 is 10.6 Å². The predicted octanol–water partition coefficient (Wildman–Crippen LogP) is 4.00. The van der Waals surface area contributed by atoms with E-state index in [0.29, 0.717) is 5.56 Å². The van der Waals surface area contributed by atoms with Crippen molar-refractivity contribution in [2.45, 2.75) is 40.7 Å². The van der Waals surface area contributed by atoms with Crippen LogP contribution in [0.3, 0.4) is 0 Å². The highest BCUT2D eigenvalue weighted by Crippen LogP contribution is 2.17. The average molecular weight is 338 g/mol. The van der Waals surface area contributed by atoms with Crippen molar-refractivity contribution in [3.63, 3.8) is 0 Å². The van der Waals surface area contributed by atoms with Gasteiger partial charge >= 0.3 is 0 Å². The van der Waals surface area contributed by atoms with E-state index >= 15 is 0 Å². The summed E-state index contributed by atoms with van der Waals surface area (Å²) in [6, 6.07) is 12.6. The minimum atomic E-state index is -0.604. The van der Waals surface area contributed by atoms with E-state index in [1.807, 2.05) is 71.0 Å². The van der Waals surface area contributed by atoms with Gasteiger partial charge in [-0.05, 0) is 49.9 Å². The molecule has 1 atom stereocenters. The number of hydrogen-bond acceptors (Lipinski definition) is 2. The van der Waals surface area contributed by atoms with Gasteiger partial charge in [-0.25, -0.2) is 0 Å². The molecule has 0 heterocycles. The molecule has 1 unspecified atom stereocenters. The lowest BCUT2D eigenvalue weighted by Gasteiger charge is -2.22. The van der Waals surface area contributed by atoms with Crippen molar-refractivity contribution in [2.75, 3.05) is 5.32 Å². The third-order valence-electron chi connectivity index (χ3n) is 4.27. The van der Waals surface area contributed by atoms with E-state index in [0.717, 1.165) is 22.4 Å². The fourth-order valence-electron chi connectivity index (χ4n) is 2.75. The van der Waals surface area contributed by atoms with Crippen LogP contribution in [0.2, 0.25) is 0 Å². The van der Waals surface area contributed by atoms with Crippen LogP contribution in [0.1, 0.15) is 40.9 Å². The number of carbonyl (C=O) groups excluding carboxylic acids is 2. The lowest BCUT2D eigenvalue weighted by Crippen LogP contribution is -2.47. The average Bonchev–Trinajstić information content (AvgIpc) is 2.55. The van der Waals surface area contributed by atoms with E-state index in [2.05, 4.69) is 10.6 Å². The number of nitrogens with one attached hydrogen (secondary N) is 2. The van der Waals surface area contributed by atoms with Crippen LogP contribution in [0.25, 0.3) is 0 Å². The van der Waals surface area contributed by atoms with Crippen molar-refractivity contribution in [1.82, 2.24) is 5.32 Å². The van der Waals surface area contributed by atoms with Crippen LogP contribution in [0.5, 0.6) is 0 Å². The Hall–Kier alpha value is -2.62. The Morgan fingerprint density at radius 3 is 2.20 bits per heavy atom. The molecule has 0 aliphatic rings. The maximum Gasteiger partial charge on any atom is 0.252 e. The van der Waals surface area contributed by atoms with Crippen LogP contribution in [0.15, 0.2) is 42.5 Å². The first-order valence-corrected chi connectivity index (χ1v) is 8.54. The minimum Gasteiger partial charge on any atom is -0.340 e. The monoisotopic (exact) mass is 338 g/mol. The van der Waals surface area contributed by atoms with Crippen LogP contribution in [-0.2, 0) is 4.79 Å². The van der Waals surface area contributed by atoms with E-state index in [4.69, 9.17) is 0 Å². The number of hydrogen-bond donors (Lipinski definition) is 2. The zero-order chi connectivity index (χ0) is 18.6. The van der Waals surface area contributed by atoms with Crippen molar-refractivity contribution in [1.29, 1.82) is 0 Å². The van der Waals surface area contributed by atoms with Gasteiger partial charge in [0.05, 0.1) is 0 Å². The zero-order valence-electron chi connectivity index (χ0n) is 15.5. The van der Waals surface area contributed by atoms with Gasteiger partial charge in [-0.3, -0.25) is 9.59 Å². The predicted molar refractivity (Wildman–Crippen MR) is 102 cm³/mol. The van der Waals surface area contributed by atoms with E-state index in [-0.39, 0.29) is 17.7 Å². The molecule has 2 aromatic rings. The zero-order valence-corrected chi connectivity index (χ0v) is 15.5. The SMILES string of the molecule is Cc1ccc(NC(=O)C(NC(=O)c2ccccc2C)C(C)C)c(C)c1. The smallest absolute Gasteiger partial charge is 0.252 e. The number of rotatable bonds is 5. The van der Waals surface area contributed by atoms with Gasteiger partial charge in [-0.2, -0.15) is 0 Å². The maximum atomic E-state index is 12.7.